The van der Waals surface area contributed by atoms with Gasteiger partial charge in [-0.2, -0.15) is 0 Å². The fourth-order valence-corrected chi connectivity index (χ4v) is 0.775. The largest absolute Gasteiger partial charge is 0.355 e. The van der Waals surface area contributed by atoms with Gasteiger partial charge in [-0.05, 0) is 6.92 Å². The summed E-state index contributed by atoms with van der Waals surface area (Å²) in [5.74, 6) is 2.63. The van der Waals surface area contributed by atoms with E-state index >= 15 is 0 Å². The van der Waals surface area contributed by atoms with E-state index in [0.29, 0.717) is 6.54 Å². The molecule has 4 N–H and O–H groups in total. The second-order valence-corrected chi connectivity index (χ2v) is 2.59. The third-order valence-corrected chi connectivity index (χ3v) is 1.43. The van der Waals surface area contributed by atoms with Gasteiger partial charge in [0.05, 0.1) is 6.54 Å². The lowest BCUT2D eigenvalue weighted by Gasteiger charge is -2.14. The van der Waals surface area contributed by atoms with Crippen LogP contribution < -0.4 is 16.6 Å². The average molecular weight is 202 g/mol. The van der Waals surface area contributed by atoms with Crippen LogP contribution in [0.1, 0.15) is 6.92 Å². The van der Waals surface area contributed by atoms with E-state index in [1.807, 2.05) is 0 Å². The summed E-state index contributed by atoms with van der Waals surface area (Å²) in [6, 6.07) is 0. The zero-order valence-corrected chi connectivity index (χ0v) is 8.16. The van der Waals surface area contributed by atoms with Gasteiger partial charge >= 0.3 is 11.8 Å². The number of nitrogens with two attached hydrogens (primary N) is 1. The Morgan fingerprint density at radius 3 is 2.36 bits per heavy atom. The molecule has 0 radical (unpaired) electrons. The quantitative estimate of drug-likeness (QED) is 0.205. The van der Waals surface area contributed by atoms with Gasteiger partial charge in [0.1, 0.15) is 0 Å². The Labute approximate surface area is 81.6 Å². The average Bonchev–Trinajstić information content (AvgIpc) is 2.15. The molecule has 0 rings (SSSR count). The second-order valence-electron chi connectivity index (χ2n) is 2.59. The van der Waals surface area contributed by atoms with Gasteiger partial charge in [0.2, 0.25) is 5.91 Å². The van der Waals surface area contributed by atoms with Gasteiger partial charge in [-0.1, -0.05) is 0 Å². The summed E-state index contributed by atoms with van der Waals surface area (Å²) in [5, 5.41) is 2.49. The van der Waals surface area contributed by atoms with Crippen LogP contribution in [0.15, 0.2) is 0 Å². The van der Waals surface area contributed by atoms with E-state index in [1.165, 1.54) is 7.05 Å². The molecule has 0 fully saturated rings. The molecule has 80 valence electrons. The number of rotatable bonds is 3. The van der Waals surface area contributed by atoms with Gasteiger partial charge in [0, 0.05) is 13.6 Å². The lowest BCUT2D eigenvalue weighted by atomic mass is 10.4. The Kier molecular flexibility index (Phi) is 5.23. The van der Waals surface area contributed by atoms with E-state index in [4.69, 9.17) is 5.84 Å². The van der Waals surface area contributed by atoms with E-state index in [2.05, 4.69) is 5.32 Å². The van der Waals surface area contributed by atoms with E-state index in [0.717, 1.165) is 4.90 Å². The summed E-state index contributed by atoms with van der Waals surface area (Å²) in [6.07, 6.45) is 0. The number of hydrazine groups is 1. The van der Waals surface area contributed by atoms with Crippen molar-refractivity contribution in [2.45, 2.75) is 6.92 Å². The van der Waals surface area contributed by atoms with E-state index in [-0.39, 0.29) is 12.5 Å². The first-order valence-electron chi connectivity index (χ1n) is 4.05. The van der Waals surface area contributed by atoms with Crippen LogP contribution in [0.25, 0.3) is 0 Å². The van der Waals surface area contributed by atoms with Crippen molar-refractivity contribution >= 4 is 17.7 Å². The summed E-state index contributed by atoms with van der Waals surface area (Å²) in [7, 11) is 1.34. The second kappa shape index (κ2) is 5.92. The van der Waals surface area contributed by atoms with Crippen molar-refractivity contribution in [3.05, 3.63) is 0 Å². The first-order chi connectivity index (χ1) is 6.52. The van der Waals surface area contributed by atoms with Crippen molar-refractivity contribution in [2.24, 2.45) is 5.84 Å². The molecule has 0 saturated heterocycles. The molecule has 0 spiro atoms. The summed E-state index contributed by atoms with van der Waals surface area (Å²) in [6.45, 7) is 2.07. The maximum atomic E-state index is 11.1. The SMILES string of the molecule is CCNC(=O)CN(C)C(=O)C(=O)NN. The number of hydrogen-bond acceptors (Lipinski definition) is 4. The highest BCUT2D eigenvalue weighted by Crippen LogP contribution is 1.84. The normalized spacial score (nSPS) is 9.07. The maximum Gasteiger partial charge on any atom is 0.323 e. The predicted molar refractivity (Wildman–Crippen MR) is 48.7 cm³/mol. The van der Waals surface area contributed by atoms with Crippen molar-refractivity contribution in [2.75, 3.05) is 20.1 Å². The fraction of sp³-hybridized carbons (Fsp3) is 0.571. The van der Waals surface area contributed by atoms with Crippen LogP contribution >= 0.6 is 0 Å². The molecule has 0 unspecified atom stereocenters. The van der Waals surface area contributed by atoms with Crippen molar-refractivity contribution < 1.29 is 14.4 Å². The molecule has 0 aliphatic rings. The monoisotopic (exact) mass is 202 g/mol. The molecule has 0 bridgehead atoms. The molecule has 0 heterocycles. The standard InChI is InChI=1S/C7H14N4O3/c1-3-9-5(12)4-11(2)7(14)6(13)10-8/h3-4,8H2,1-2H3,(H,9,12)(H,10,13). The van der Waals surface area contributed by atoms with E-state index in [1.54, 1.807) is 12.3 Å². The Morgan fingerprint density at radius 1 is 1.36 bits per heavy atom. The lowest BCUT2D eigenvalue weighted by molar-refractivity contribution is -0.146. The highest BCUT2D eigenvalue weighted by molar-refractivity contribution is 6.35. The van der Waals surface area contributed by atoms with Crippen molar-refractivity contribution in [1.29, 1.82) is 0 Å². The fourth-order valence-electron chi connectivity index (χ4n) is 0.775. The molecule has 0 aromatic heterocycles. The van der Waals surface area contributed by atoms with Gasteiger partial charge < -0.3 is 10.2 Å². The smallest absolute Gasteiger partial charge is 0.323 e. The van der Waals surface area contributed by atoms with Crippen LogP contribution in [0, 0.1) is 0 Å². The molecule has 7 heteroatoms. The third-order valence-electron chi connectivity index (χ3n) is 1.43. The highest BCUT2D eigenvalue weighted by atomic mass is 16.2. The van der Waals surface area contributed by atoms with Crippen molar-refractivity contribution in [1.82, 2.24) is 15.6 Å². The van der Waals surface area contributed by atoms with Crippen LogP contribution in [-0.2, 0) is 14.4 Å². The van der Waals surface area contributed by atoms with Crippen molar-refractivity contribution in [3.8, 4) is 0 Å². The first kappa shape index (κ1) is 12.4. The molecule has 0 aromatic rings. The number of nitrogens with one attached hydrogen (secondary N) is 2. The molecule has 0 aromatic carbocycles. The summed E-state index contributed by atoms with van der Waals surface area (Å²) in [4.78, 5) is 33.8. The van der Waals surface area contributed by atoms with Gasteiger partial charge in [0.15, 0.2) is 0 Å². The molecular formula is C7H14N4O3. The van der Waals surface area contributed by atoms with Crippen LogP contribution in [-0.4, -0.2) is 42.8 Å². The zero-order valence-electron chi connectivity index (χ0n) is 8.16. The maximum absolute atomic E-state index is 11.1. The summed E-state index contributed by atoms with van der Waals surface area (Å²) >= 11 is 0. The highest BCUT2D eigenvalue weighted by Gasteiger charge is 2.18. The minimum Gasteiger partial charge on any atom is -0.355 e. The molecule has 7 nitrogen and oxygen atoms in total. The number of nitrogens with zero attached hydrogens (tertiary/aromatic N) is 1. The summed E-state index contributed by atoms with van der Waals surface area (Å²) < 4.78 is 0. The van der Waals surface area contributed by atoms with E-state index in [9.17, 15) is 14.4 Å². The van der Waals surface area contributed by atoms with Crippen LogP contribution in [0.3, 0.4) is 0 Å². The van der Waals surface area contributed by atoms with Crippen LogP contribution in [0.2, 0.25) is 0 Å². The van der Waals surface area contributed by atoms with Crippen molar-refractivity contribution in [3.63, 3.8) is 0 Å². The van der Waals surface area contributed by atoms with Gasteiger partial charge in [0.25, 0.3) is 0 Å². The molecule has 14 heavy (non-hydrogen) atoms. The molecule has 0 aliphatic heterocycles. The molecule has 0 atom stereocenters. The minimum atomic E-state index is -0.947. The van der Waals surface area contributed by atoms with E-state index < -0.39 is 11.8 Å². The first-order valence-corrected chi connectivity index (χ1v) is 4.05. The minimum absolute atomic E-state index is 0.167. The Balaban J connectivity index is 4.07. The number of amides is 3. The van der Waals surface area contributed by atoms with Gasteiger partial charge in [-0.3, -0.25) is 19.8 Å². The molecule has 0 saturated carbocycles. The molecular weight excluding hydrogens is 188 g/mol. The van der Waals surface area contributed by atoms with Crippen LogP contribution in [0.4, 0.5) is 0 Å². The Hall–Kier alpha value is -1.63. The zero-order chi connectivity index (χ0) is 11.1. The molecule has 3 amide bonds. The molecule has 0 aliphatic carbocycles. The van der Waals surface area contributed by atoms with Gasteiger partial charge in [-0.25, -0.2) is 5.84 Å². The van der Waals surface area contributed by atoms with Crippen LogP contribution in [0.5, 0.6) is 0 Å². The summed E-state index contributed by atoms with van der Waals surface area (Å²) in [5.41, 5.74) is 1.69. The number of carbonyl (C=O) groups excluding carboxylic acids is 3. The predicted octanol–water partition coefficient (Wildman–Crippen LogP) is -2.43. The number of likely N-dealkylation sites (N-methyl/N-ethyl adjacent to an activating group) is 2. The lowest BCUT2D eigenvalue weighted by Crippen LogP contribution is -2.47. The Bertz CT molecular complexity index is 241. The number of hydrogen-bond donors (Lipinski definition) is 3. The number of carbonyl (C=O) groups is 3. The topological polar surface area (TPSA) is 105 Å². The Morgan fingerprint density at radius 2 is 1.93 bits per heavy atom. The third kappa shape index (κ3) is 3.85. The van der Waals surface area contributed by atoms with Gasteiger partial charge in [-0.15, -0.1) is 0 Å².